The molecule has 1 aromatic carbocycles. The Balaban J connectivity index is 2.85. The van der Waals surface area contributed by atoms with E-state index in [0.29, 0.717) is 5.69 Å². The number of hydrogen-bond donors (Lipinski definition) is 2. The molecule has 1 atom stereocenters. The molecule has 0 saturated heterocycles. The van der Waals surface area contributed by atoms with E-state index in [1.54, 1.807) is 24.3 Å². The first kappa shape index (κ1) is 12.7. The van der Waals surface area contributed by atoms with E-state index in [9.17, 15) is 9.59 Å². The van der Waals surface area contributed by atoms with Crippen LogP contribution in [0.1, 0.15) is 0 Å². The van der Waals surface area contributed by atoms with Gasteiger partial charge >= 0.3 is 5.97 Å². The van der Waals surface area contributed by atoms with Gasteiger partial charge in [-0.1, -0.05) is 15.9 Å². The number of likely N-dealkylation sites (N-methyl/N-ethyl adjacent to an activating group) is 1. The summed E-state index contributed by atoms with van der Waals surface area (Å²) in [5.41, 5.74) is 5.82. The molecule has 0 radical (unpaired) electrons. The SMILES string of the molecule is CN(C(=O)C(N)C(=O)O)c1ccc(Br)cc1. The normalized spacial score (nSPS) is 11.9. The van der Waals surface area contributed by atoms with E-state index in [1.807, 2.05) is 0 Å². The van der Waals surface area contributed by atoms with Gasteiger partial charge in [-0.2, -0.15) is 0 Å². The number of carboxylic acids is 1. The van der Waals surface area contributed by atoms with Gasteiger partial charge in [0.2, 0.25) is 0 Å². The Morgan fingerprint density at radius 2 is 1.88 bits per heavy atom. The highest BCUT2D eigenvalue weighted by atomic mass is 79.9. The Morgan fingerprint density at radius 3 is 2.31 bits per heavy atom. The smallest absolute Gasteiger partial charge is 0.330 e. The molecule has 3 N–H and O–H groups in total. The summed E-state index contributed by atoms with van der Waals surface area (Å²) in [5.74, 6) is -2.00. The molecule has 1 aromatic rings. The summed E-state index contributed by atoms with van der Waals surface area (Å²) in [4.78, 5) is 23.3. The van der Waals surface area contributed by atoms with Crippen LogP contribution in [0.25, 0.3) is 0 Å². The van der Waals surface area contributed by atoms with Crippen LogP contribution in [0.2, 0.25) is 0 Å². The van der Waals surface area contributed by atoms with Crippen LogP contribution in [0.4, 0.5) is 5.69 Å². The van der Waals surface area contributed by atoms with Crippen LogP contribution in [0.15, 0.2) is 28.7 Å². The highest BCUT2D eigenvalue weighted by molar-refractivity contribution is 9.10. The van der Waals surface area contributed by atoms with E-state index in [2.05, 4.69) is 15.9 Å². The fourth-order valence-corrected chi connectivity index (χ4v) is 1.37. The lowest BCUT2D eigenvalue weighted by Crippen LogP contribution is -2.46. The summed E-state index contributed by atoms with van der Waals surface area (Å²) in [6.07, 6.45) is 0. The van der Waals surface area contributed by atoms with Crippen molar-refractivity contribution in [2.75, 3.05) is 11.9 Å². The maximum absolute atomic E-state index is 11.6. The first-order valence-electron chi connectivity index (χ1n) is 4.45. The van der Waals surface area contributed by atoms with Crippen molar-refractivity contribution in [1.29, 1.82) is 0 Å². The lowest BCUT2D eigenvalue weighted by Gasteiger charge is -2.19. The second-order valence-corrected chi connectivity index (χ2v) is 4.11. The van der Waals surface area contributed by atoms with Crippen LogP contribution in [-0.4, -0.2) is 30.1 Å². The maximum atomic E-state index is 11.6. The van der Waals surface area contributed by atoms with E-state index in [0.717, 1.165) is 4.47 Å². The van der Waals surface area contributed by atoms with Gasteiger partial charge in [-0.25, -0.2) is 4.79 Å². The van der Waals surface area contributed by atoms with Gasteiger partial charge < -0.3 is 15.7 Å². The number of nitrogens with two attached hydrogens (primary N) is 1. The van der Waals surface area contributed by atoms with Crippen LogP contribution in [0.3, 0.4) is 0 Å². The molecular weight excluding hydrogens is 276 g/mol. The van der Waals surface area contributed by atoms with Crippen molar-refractivity contribution >= 4 is 33.5 Å². The quantitative estimate of drug-likeness (QED) is 0.806. The number of carboxylic acid groups (broad SMARTS) is 1. The molecule has 6 heteroatoms. The summed E-state index contributed by atoms with van der Waals surface area (Å²) < 4.78 is 0.875. The van der Waals surface area contributed by atoms with Crippen molar-refractivity contribution in [3.05, 3.63) is 28.7 Å². The standard InChI is InChI=1S/C10H11BrN2O3/c1-13(9(14)8(12)10(15)16)7-4-2-6(11)3-5-7/h2-5,8H,12H2,1H3,(H,15,16). The van der Waals surface area contributed by atoms with Gasteiger partial charge in [-0.3, -0.25) is 4.79 Å². The minimum absolute atomic E-state index is 0.588. The summed E-state index contributed by atoms with van der Waals surface area (Å²) >= 11 is 3.26. The highest BCUT2D eigenvalue weighted by Crippen LogP contribution is 2.17. The van der Waals surface area contributed by atoms with Gasteiger partial charge in [0.15, 0.2) is 6.04 Å². The molecule has 0 bridgehead atoms. The molecule has 0 fully saturated rings. The van der Waals surface area contributed by atoms with E-state index in [-0.39, 0.29) is 0 Å². The molecule has 1 amide bonds. The number of anilines is 1. The summed E-state index contributed by atoms with van der Waals surface area (Å²) in [6.45, 7) is 0. The molecule has 0 aliphatic heterocycles. The zero-order chi connectivity index (χ0) is 12.3. The largest absolute Gasteiger partial charge is 0.480 e. The van der Waals surface area contributed by atoms with Gasteiger partial charge in [0.05, 0.1) is 0 Å². The third-order valence-corrected chi connectivity index (χ3v) is 2.61. The number of rotatable bonds is 3. The molecule has 16 heavy (non-hydrogen) atoms. The van der Waals surface area contributed by atoms with Gasteiger partial charge in [0, 0.05) is 17.2 Å². The third kappa shape index (κ3) is 2.80. The van der Waals surface area contributed by atoms with Crippen molar-refractivity contribution < 1.29 is 14.7 Å². The molecular formula is C10H11BrN2O3. The number of nitrogens with zero attached hydrogens (tertiary/aromatic N) is 1. The Bertz CT molecular complexity index is 405. The third-order valence-electron chi connectivity index (χ3n) is 2.08. The molecule has 5 nitrogen and oxygen atoms in total. The molecule has 0 saturated carbocycles. The van der Waals surface area contributed by atoms with E-state index in [4.69, 9.17) is 10.8 Å². The minimum Gasteiger partial charge on any atom is -0.480 e. The highest BCUT2D eigenvalue weighted by Gasteiger charge is 2.25. The summed E-state index contributed by atoms with van der Waals surface area (Å²) in [5, 5.41) is 8.61. The van der Waals surface area contributed by atoms with Gasteiger partial charge in [0.1, 0.15) is 0 Å². The molecule has 1 unspecified atom stereocenters. The van der Waals surface area contributed by atoms with Crippen molar-refractivity contribution in [2.45, 2.75) is 6.04 Å². The van der Waals surface area contributed by atoms with Crippen LogP contribution in [0, 0.1) is 0 Å². The summed E-state index contributed by atoms with van der Waals surface area (Å²) in [6, 6.07) is 5.36. The Labute approximate surface area is 101 Å². The lowest BCUT2D eigenvalue weighted by molar-refractivity contribution is -0.142. The number of halogens is 1. The fraction of sp³-hybridized carbons (Fsp3) is 0.200. The second kappa shape index (κ2) is 5.09. The Kier molecular flexibility index (Phi) is 4.03. The van der Waals surface area contributed by atoms with Crippen molar-refractivity contribution in [3.63, 3.8) is 0 Å². The van der Waals surface area contributed by atoms with Gasteiger partial charge in [-0.05, 0) is 24.3 Å². The van der Waals surface area contributed by atoms with Crippen molar-refractivity contribution in [1.82, 2.24) is 0 Å². The monoisotopic (exact) mass is 286 g/mol. The van der Waals surface area contributed by atoms with Crippen LogP contribution < -0.4 is 10.6 Å². The van der Waals surface area contributed by atoms with Crippen molar-refractivity contribution in [2.24, 2.45) is 5.73 Å². The number of hydrogen-bond acceptors (Lipinski definition) is 3. The zero-order valence-corrected chi connectivity index (χ0v) is 10.1. The molecule has 0 aliphatic rings. The predicted molar refractivity (Wildman–Crippen MR) is 63.2 cm³/mol. The molecule has 0 spiro atoms. The number of amides is 1. The maximum Gasteiger partial charge on any atom is 0.330 e. The Morgan fingerprint density at radius 1 is 1.38 bits per heavy atom. The van der Waals surface area contributed by atoms with E-state index >= 15 is 0 Å². The van der Waals surface area contributed by atoms with E-state index < -0.39 is 17.9 Å². The summed E-state index contributed by atoms with van der Waals surface area (Å²) in [7, 11) is 1.48. The molecule has 0 aromatic heterocycles. The predicted octanol–water partition coefficient (Wildman–Crippen LogP) is 0.824. The van der Waals surface area contributed by atoms with Crippen LogP contribution in [-0.2, 0) is 9.59 Å². The van der Waals surface area contributed by atoms with E-state index in [1.165, 1.54) is 11.9 Å². The molecule has 0 aliphatic carbocycles. The zero-order valence-electron chi connectivity index (χ0n) is 8.55. The van der Waals surface area contributed by atoms with Crippen molar-refractivity contribution in [3.8, 4) is 0 Å². The minimum atomic E-state index is -1.53. The number of carbonyl (C=O) groups is 2. The lowest BCUT2D eigenvalue weighted by atomic mass is 10.2. The first-order chi connectivity index (χ1) is 7.43. The number of benzene rings is 1. The number of aliphatic carboxylic acids is 1. The second-order valence-electron chi connectivity index (χ2n) is 3.19. The van der Waals surface area contributed by atoms with Crippen LogP contribution >= 0.6 is 15.9 Å². The Hall–Kier alpha value is -1.40. The number of carbonyl (C=O) groups excluding carboxylic acids is 1. The molecule has 86 valence electrons. The molecule has 0 heterocycles. The van der Waals surface area contributed by atoms with Crippen LogP contribution in [0.5, 0.6) is 0 Å². The average molecular weight is 287 g/mol. The average Bonchev–Trinajstić information content (AvgIpc) is 2.27. The topological polar surface area (TPSA) is 83.6 Å². The fourth-order valence-electron chi connectivity index (χ4n) is 1.11. The first-order valence-corrected chi connectivity index (χ1v) is 5.24. The van der Waals surface area contributed by atoms with Gasteiger partial charge in [-0.15, -0.1) is 0 Å². The van der Waals surface area contributed by atoms with Gasteiger partial charge in [0.25, 0.3) is 5.91 Å². The molecule has 1 rings (SSSR count).